The molecular formula is C26H24F3N5O3. The average Bonchev–Trinajstić information content (AvgIpc) is 3.29. The van der Waals surface area contributed by atoms with Gasteiger partial charge in [0, 0.05) is 42.2 Å². The molecule has 0 radical (unpaired) electrons. The molecule has 192 valence electrons. The summed E-state index contributed by atoms with van der Waals surface area (Å²) >= 11 is 0. The van der Waals surface area contributed by atoms with Crippen molar-refractivity contribution in [3.05, 3.63) is 65.9 Å². The number of anilines is 3. The molecule has 0 saturated carbocycles. The fraction of sp³-hybridized carbons (Fsp3) is 0.308. The van der Waals surface area contributed by atoms with Crippen molar-refractivity contribution in [1.82, 2.24) is 9.97 Å². The van der Waals surface area contributed by atoms with Crippen LogP contribution in [0, 0.1) is 5.95 Å². The molecule has 2 atom stereocenters. The van der Waals surface area contributed by atoms with Crippen molar-refractivity contribution in [2.45, 2.75) is 31.8 Å². The molecule has 0 aliphatic carbocycles. The zero-order valence-corrected chi connectivity index (χ0v) is 19.9. The molecule has 37 heavy (non-hydrogen) atoms. The molecule has 1 fully saturated rings. The molecule has 8 nitrogen and oxygen atoms in total. The van der Waals surface area contributed by atoms with Gasteiger partial charge in [-0.05, 0) is 31.5 Å². The van der Waals surface area contributed by atoms with Crippen LogP contribution in [-0.4, -0.2) is 52.6 Å². The van der Waals surface area contributed by atoms with Gasteiger partial charge >= 0.3 is 0 Å². The Morgan fingerprint density at radius 2 is 2.00 bits per heavy atom. The zero-order valence-electron chi connectivity index (χ0n) is 19.9. The summed E-state index contributed by atoms with van der Waals surface area (Å²) in [4.78, 5) is 38.0. The predicted octanol–water partition coefficient (Wildman–Crippen LogP) is 3.88. The Morgan fingerprint density at radius 3 is 2.68 bits per heavy atom. The van der Waals surface area contributed by atoms with Crippen LogP contribution in [0.1, 0.15) is 36.9 Å². The number of aliphatic hydroxyl groups excluding tert-OH is 1. The fourth-order valence-corrected chi connectivity index (χ4v) is 4.73. The number of hydrogen-bond acceptors (Lipinski definition) is 6. The molecule has 2 aliphatic rings. The van der Waals surface area contributed by atoms with Crippen molar-refractivity contribution >= 4 is 29.0 Å². The second-order valence-electron chi connectivity index (χ2n) is 9.11. The largest absolute Gasteiger partial charge is 0.391 e. The van der Waals surface area contributed by atoms with Crippen molar-refractivity contribution in [3.8, 4) is 11.1 Å². The van der Waals surface area contributed by atoms with E-state index in [9.17, 15) is 23.5 Å². The summed E-state index contributed by atoms with van der Waals surface area (Å²) in [6.45, 7) is 1.91. The van der Waals surface area contributed by atoms with E-state index in [1.807, 2.05) is 0 Å². The first-order valence-corrected chi connectivity index (χ1v) is 11.8. The smallest absolute Gasteiger partial charge is 0.263 e. The standard InChI is InChI=1S/C26H24F3N5O3/c1-14-23-18(3-2-9-30-23)22-19(11-20(32-25(22)29)33-10-8-17(35)12-33)34(26(14)37)13-21(36)31-16-6-4-15(5-7-16)24(27)28/h2-7,9,11,14,17,24,35H,8,10,12-13H2,1H3,(H,31,36)/t14-,17+/m0/s1. The van der Waals surface area contributed by atoms with Gasteiger partial charge in [-0.2, -0.15) is 4.39 Å². The van der Waals surface area contributed by atoms with Gasteiger partial charge in [-0.3, -0.25) is 14.6 Å². The SMILES string of the molecule is C[C@@H]1C(=O)N(CC(=O)Nc2ccc(C(F)F)cc2)c2cc(N3CC[C@@H](O)C3)nc(F)c2-c2cccnc21. The fourth-order valence-electron chi connectivity index (χ4n) is 4.73. The van der Waals surface area contributed by atoms with E-state index in [0.29, 0.717) is 24.2 Å². The Kier molecular flexibility index (Phi) is 6.55. The Bertz CT molecular complexity index is 1350. The predicted molar refractivity (Wildman–Crippen MR) is 131 cm³/mol. The van der Waals surface area contributed by atoms with Gasteiger partial charge < -0.3 is 20.2 Å². The summed E-state index contributed by atoms with van der Waals surface area (Å²) in [6, 6.07) is 9.94. The number of alkyl halides is 2. The minimum Gasteiger partial charge on any atom is -0.391 e. The molecule has 0 spiro atoms. The lowest BCUT2D eigenvalue weighted by Crippen LogP contribution is -2.40. The zero-order chi connectivity index (χ0) is 26.3. The van der Waals surface area contributed by atoms with Crippen LogP contribution in [0.5, 0.6) is 0 Å². The molecule has 0 bridgehead atoms. The van der Waals surface area contributed by atoms with E-state index in [1.165, 1.54) is 35.4 Å². The molecule has 11 heteroatoms. The average molecular weight is 512 g/mol. The van der Waals surface area contributed by atoms with E-state index < -0.39 is 42.8 Å². The minimum atomic E-state index is -2.64. The number of amides is 2. The second kappa shape index (κ2) is 9.81. The number of rotatable bonds is 5. The lowest BCUT2D eigenvalue weighted by molar-refractivity contribution is -0.122. The molecule has 5 rings (SSSR count). The number of pyridine rings is 2. The number of β-amino-alcohol motifs (C(OH)–C–C–N with tert-alkyl or cyclic N) is 1. The van der Waals surface area contributed by atoms with E-state index >= 15 is 4.39 Å². The molecule has 4 heterocycles. The van der Waals surface area contributed by atoms with Gasteiger partial charge in [0.25, 0.3) is 6.43 Å². The number of fused-ring (bicyclic) bond motifs is 3. The summed E-state index contributed by atoms with van der Waals surface area (Å²) in [5.74, 6) is -2.41. The molecular weight excluding hydrogens is 487 g/mol. The first kappa shape index (κ1) is 24.7. The number of aromatic nitrogens is 2. The van der Waals surface area contributed by atoms with Gasteiger partial charge in [0.15, 0.2) is 0 Å². The van der Waals surface area contributed by atoms with E-state index in [-0.39, 0.29) is 34.9 Å². The molecule has 2 aromatic heterocycles. The molecule has 2 N–H and O–H groups in total. The molecule has 1 aromatic carbocycles. The third-order valence-corrected chi connectivity index (χ3v) is 6.62. The lowest BCUT2D eigenvalue weighted by atomic mass is 9.98. The third kappa shape index (κ3) is 4.74. The number of benzene rings is 1. The van der Waals surface area contributed by atoms with Crippen LogP contribution in [0.15, 0.2) is 48.7 Å². The molecule has 0 unspecified atom stereocenters. The highest BCUT2D eigenvalue weighted by molar-refractivity contribution is 6.09. The summed E-state index contributed by atoms with van der Waals surface area (Å²) in [5, 5.41) is 12.6. The van der Waals surface area contributed by atoms with Gasteiger partial charge in [-0.1, -0.05) is 18.2 Å². The van der Waals surface area contributed by atoms with Gasteiger partial charge in [-0.15, -0.1) is 0 Å². The van der Waals surface area contributed by atoms with Crippen LogP contribution in [0.25, 0.3) is 11.1 Å². The molecule has 3 aromatic rings. The summed E-state index contributed by atoms with van der Waals surface area (Å²) in [5.41, 5.74) is 1.08. The van der Waals surface area contributed by atoms with Crippen LogP contribution in [0.2, 0.25) is 0 Å². The maximum Gasteiger partial charge on any atom is 0.263 e. The van der Waals surface area contributed by atoms with Crippen molar-refractivity contribution in [1.29, 1.82) is 0 Å². The molecule has 2 aliphatic heterocycles. The number of aliphatic hydroxyl groups is 1. The van der Waals surface area contributed by atoms with Crippen molar-refractivity contribution in [2.24, 2.45) is 0 Å². The van der Waals surface area contributed by atoms with Crippen molar-refractivity contribution < 1.29 is 27.9 Å². The van der Waals surface area contributed by atoms with Crippen LogP contribution in [0.4, 0.5) is 30.4 Å². The first-order chi connectivity index (χ1) is 17.7. The van der Waals surface area contributed by atoms with E-state index in [2.05, 4.69) is 15.3 Å². The van der Waals surface area contributed by atoms with E-state index in [1.54, 1.807) is 30.0 Å². The number of halogens is 3. The number of carbonyl (C=O) groups excluding carboxylic acids is 2. The van der Waals surface area contributed by atoms with Gasteiger partial charge in [-0.25, -0.2) is 13.8 Å². The monoisotopic (exact) mass is 511 g/mol. The number of nitrogens with one attached hydrogen (secondary N) is 1. The normalized spacial score (nSPS) is 19.0. The number of nitrogens with zero attached hydrogens (tertiary/aromatic N) is 4. The highest BCUT2D eigenvalue weighted by atomic mass is 19.3. The Morgan fingerprint density at radius 1 is 1.24 bits per heavy atom. The molecule has 1 saturated heterocycles. The highest BCUT2D eigenvalue weighted by Crippen LogP contribution is 2.42. The van der Waals surface area contributed by atoms with Crippen LogP contribution < -0.4 is 15.1 Å². The van der Waals surface area contributed by atoms with Crippen LogP contribution >= 0.6 is 0 Å². The summed E-state index contributed by atoms with van der Waals surface area (Å²) in [7, 11) is 0. The quantitative estimate of drug-likeness (QED) is 0.505. The topological polar surface area (TPSA) is 98.7 Å². The maximum atomic E-state index is 15.6. The van der Waals surface area contributed by atoms with Crippen molar-refractivity contribution in [3.63, 3.8) is 0 Å². The molecule has 2 amide bonds. The lowest BCUT2D eigenvalue weighted by Gasteiger charge is -2.26. The van der Waals surface area contributed by atoms with E-state index in [4.69, 9.17) is 0 Å². The van der Waals surface area contributed by atoms with Crippen molar-refractivity contribution in [2.75, 3.05) is 34.8 Å². The van der Waals surface area contributed by atoms with Crippen LogP contribution in [-0.2, 0) is 9.59 Å². The van der Waals surface area contributed by atoms with Gasteiger partial charge in [0.05, 0.1) is 29.0 Å². The first-order valence-electron chi connectivity index (χ1n) is 11.8. The Labute approximate surface area is 210 Å². The Hall–Kier alpha value is -3.99. The minimum absolute atomic E-state index is 0.0541. The van der Waals surface area contributed by atoms with E-state index in [0.717, 1.165) is 0 Å². The number of carbonyl (C=O) groups is 2. The highest BCUT2D eigenvalue weighted by Gasteiger charge is 2.36. The Balaban J connectivity index is 1.53. The van der Waals surface area contributed by atoms with Gasteiger partial charge in [0.1, 0.15) is 12.4 Å². The second-order valence-corrected chi connectivity index (χ2v) is 9.11. The number of hydrogen-bond donors (Lipinski definition) is 2. The van der Waals surface area contributed by atoms with Crippen LogP contribution in [0.3, 0.4) is 0 Å². The third-order valence-electron chi connectivity index (χ3n) is 6.62. The maximum absolute atomic E-state index is 15.6. The van der Waals surface area contributed by atoms with Gasteiger partial charge in [0.2, 0.25) is 17.8 Å². The summed E-state index contributed by atoms with van der Waals surface area (Å²) in [6.07, 6.45) is -1.20. The summed E-state index contributed by atoms with van der Waals surface area (Å²) < 4.78 is 41.3.